The molecule has 0 aromatic rings. The van der Waals surface area contributed by atoms with Gasteiger partial charge in [0.05, 0.1) is 6.61 Å². The van der Waals surface area contributed by atoms with Crippen LogP contribution in [0.25, 0.3) is 0 Å². The van der Waals surface area contributed by atoms with Crippen molar-refractivity contribution in [3.8, 4) is 0 Å². The Balaban J connectivity index is 3.79. The molecule has 8 nitrogen and oxygen atoms in total. The zero-order valence-electron chi connectivity index (χ0n) is 35.1. The Morgan fingerprint density at radius 2 is 0.792 bits per heavy atom. The number of hydrogen-bond acceptors (Lipinski definition) is 6. The molecule has 0 fully saturated rings. The van der Waals surface area contributed by atoms with E-state index in [1.54, 1.807) is 0 Å². The Labute approximate surface area is 327 Å². The normalized spacial score (nSPS) is 12.4. The Hall–Kier alpha value is -0.950. The fourth-order valence-electron chi connectivity index (χ4n) is 6.91. The third-order valence-corrected chi connectivity index (χ3v) is 10.8. The van der Waals surface area contributed by atoms with Crippen LogP contribution in [0, 0.1) is 5.92 Å². The highest BCUT2D eigenvalue weighted by Gasteiger charge is 2.23. The first-order valence-corrected chi connectivity index (χ1v) is 24.2. The molecule has 9 heteroatoms. The van der Waals surface area contributed by atoms with Crippen molar-refractivity contribution in [2.75, 3.05) is 13.2 Å². The lowest BCUT2D eigenvalue weighted by molar-refractivity contribution is -0.161. The Kier molecular flexibility index (Phi) is 38.6. The van der Waals surface area contributed by atoms with Crippen LogP contribution in [-0.4, -0.2) is 41.0 Å². The smallest absolute Gasteiger partial charge is 0.462 e. The molecule has 0 aromatic heterocycles. The predicted molar refractivity (Wildman–Crippen MR) is 221 cm³/mol. The van der Waals surface area contributed by atoms with Crippen molar-refractivity contribution in [2.24, 2.45) is 5.92 Å². The van der Waals surface area contributed by atoms with Crippen LogP contribution in [0.4, 0.5) is 0 Å². The van der Waals surface area contributed by atoms with Crippen molar-refractivity contribution >= 4 is 19.8 Å². The molecule has 53 heavy (non-hydrogen) atoms. The number of carbonyl (C=O) groups is 2. The summed E-state index contributed by atoms with van der Waals surface area (Å²) < 4.78 is 26.4. The van der Waals surface area contributed by atoms with Gasteiger partial charge in [0.2, 0.25) is 0 Å². The fraction of sp³-hybridized carbons (Fsp3) is 0.955. The molecule has 0 aliphatic heterocycles. The highest BCUT2D eigenvalue weighted by atomic mass is 31.2. The minimum atomic E-state index is -4.75. The summed E-state index contributed by atoms with van der Waals surface area (Å²) in [6, 6.07) is 0. The largest absolute Gasteiger partial charge is 0.469 e. The van der Waals surface area contributed by atoms with Gasteiger partial charge in [0, 0.05) is 12.8 Å². The van der Waals surface area contributed by atoms with Gasteiger partial charge in [-0.1, -0.05) is 220 Å². The van der Waals surface area contributed by atoms with Crippen LogP contribution >= 0.6 is 7.82 Å². The first kappa shape index (κ1) is 52.0. The van der Waals surface area contributed by atoms with Gasteiger partial charge in [0.25, 0.3) is 0 Å². The summed E-state index contributed by atoms with van der Waals surface area (Å²) in [7, 11) is -4.75. The predicted octanol–water partition coefficient (Wildman–Crippen LogP) is 13.9. The number of phosphoric ester groups is 1. The van der Waals surface area contributed by atoms with Crippen molar-refractivity contribution in [3.63, 3.8) is 0 Å². The van der Waals surface area contributed by atoms with Crippen LogP contribution in [0.15, 0.2) is 0 Å². The van der Waals surface area contributed by atoms with E-state index in [0.717, 1.165) is 38.0 Å². The first-order valence-electron chi connectivity index (χ1n) is 22.7. The standard InChI is InChI=1S/C44H87O8P/c1-4-5-6-7-8-9-10-11-19-23-26-29-32-35-38-44(46)52-42(40-51-53(47,48)49)39-50-43(45)37-34-31-28-25-22-20-17-15-13-12-14-16-18-21-24-27-30-33-36-41(2)3/h41-42H,4-40H2,1-3H3,(H2,47,48,49)/t42-/m1/s1. The van der Waals surface area contributed by atoms with Crippen molar-refractivity contribution in [2.45, 2.75) is 252 Å². The zero-order chi connectivity index (χ0) is 39.1. The highest BCUT2D eigenvalue weighted by Crippen LogP contribution is 2.36. The Morgan fingerprint density at radius 3 is 1.13 bits per heavy atom. The van der Waals surface area contributed by atoms with Crippen molar-refractivity contribution in [3.05, 3.63) is 0 Å². The molecule has 316 valence electrons. The number of phosphoric acid groups is 1. The summed E-state index contributed by atoms with van der Waals surface area (Å²) in [4.78, 5) is 42.9. The van der Waals surface area contributed by atoms with Crippen LogP contribution < -0.4 is 0 Å². The molecular weight excluding hydrogens is 687 g/mol. The lowest BCUT2D eigenvalue weighted by Crippen LogP contribution is -2.29. The summed E-state index contributed by atoms with van der Waals surface area (Å²) in [5.41, 5.74) is 0. The van der Waals surface area contributed by atoms with Crippen LogP contribution in [0.1, 0.15) is 245 Å². The SMILES string of the molecule is CCCCCCCCCCCCCCCCC(=O)O[C@H](COC(=O)CCCCCCCCCCCCCCCCCCCCC(C)C)COP(=O)(O)O. The first-order chi connectivity index (χ1) is 25.6. The molecule has 0 saturated heterocycles. The van der Waals surface area contributed by atoms with Gasteiger partial charge in [-0.05, 0) is 18.8 Å². The summed E-state index contributed by atoms with van der Waals surface area (Å²) in [6.45, 7) is 6.08. The van der Waals surface area contributed by atoms with Crippen LogP contribution in [-0.2, 0) is 28.2 Å². The molecule has 0 spiro atoms. The summed E-state index contributed by atoms with van der Waals surface area (Å²) in [5, 5.41) is 0. The number of ether oxygens (including phenoxy) is 2. The third kappa shape index (κ3) is 43.6. The number of carbonyl (C=O) groups excluding carboxylic acids is 2. The zero-order valence-corrected chi connectivity index (χ0v) is 36.0. The van der Waals surface area contributed by atoms with E-state index in [4.69, 9.17) is 19.3 Å². The maximum Gasteiger partial charge on any atom is 0.469 e. The molecule has 0 amide bonds. The summed E-state index contributed by atoms with van der Waals surface area (Å²) in [6.07, 6.45) is 41.2. The van der Waals surface area contributed by atoms with Gasteiger partial charge < -0.3 is 19.3 Å². The van der Waals surface area contributed by atoms with Gasteiger partial charge in [0.1, 0.15) is 6.61 Å². The molecule has 0 rings (SSSR count). The van der Waals surface area contributed by atoms with E-state index in [1.165, 1.54) is 173 Å². The highest BCUT2D eigenvalue weighted by molar-refractivity contribution is 7.46. The molecule has 1 atom stereocenters. The number of unbranched alkanes of at least 4 members (excludes halogenated alkanes) is 30. The topological polar surface area (TPSA) is 119 Å². The molecule has 0 aliphatic carbocycles. The maximum atomic E-state index is 12.4. The van der Waals surface area contributed by atoms with Crippen LogP contribution in [0.3, 0.4) is 0 Å². The van der Waals surface area contributed by atoms with Gasteiger partial charge in [0.15, 0.2) is 6.10 Å². The average Bonchev–Trinajstić information content (AvgIpc) is 3.11. The van der Waals surface area contributed by atoms with Gasteiger partial charge in [-0.15, -0.1) is 0 Å². The lowest BCUT2D eigenvalue weighted by atomic mass is 10.0. The van der Waals surface area contributed by atoms with E-state index in [2.05, 4.69) is 25.3 Å². The van der Waals surface area contributed by atoms with E-state index >= 15 is 0 Å². The summed E-state index contributed by atoms with van der Waals surface area (Å²) >= 11 is 0. The maximum absolute atomic E-state index is 12.4. The fourth-order valence-corrected chi connectivity index (χ4v) is 7.27. The second-order valence-corrected chi connectivity index (χ2v) is 17.5. The van der Waals surface area contributed by atoms with Crippen LogP contribution in [0.5, 0.6) is 0 Å². The number of hydrogen-bond donors (Lipinski definition) is 2. The quantitative estimate of drug-likeness (QED) is 0.0357. The summed E-state index contributed by atoms with van der Waals surface area (Å²) in [5.74, 6) is -0.0155. The molecule has 0 aromatic carbocycles. The van der Waals surface area contributed by atoms with Crippen molar-refractivity contribution in [1.29, 1.82) is 0 Å². The number of esters is 2. The molecule has 0 saturated carbocycles. The Bertz CT molecular complexity index is 845. The van der Waals surface area contributed by atoms with Gasteiger partial charge >= 0.3 is 19.8 Å². The second kappa shape index (κ2) is 39.3. The molecule has 0 aliphatic rings. The Morgan fingerprint density at radius 1 is 0.472 bits per heavy atom. The van der Waals surface area contributed by atoms with E-state index in [-0.39, 0.29) is 19.4 Å². The van der Waals surface area contributed by atoms with Crippen molar-refractivity contribution < 1.29 is 37.9 Å². The van der Waals surface area contributed by atoms with Gasteiger partial charge in [-0.2, -0.15) is 0 Å². The van der Waals surface area contributed by atoms with E-state index < -0.39 is 32.5 Å². The van der Waals surface area contributed by atoms with Crippen molar-refractivity contribution in [1.82, 2.24) is 0 Å². The number of rotatable bonds is 42. The van der Waals surface area contributed by atoms with Crippen LogP contribution in [0.2, 0.25) is 0 Å². The minimum Gasteiger partial charge on any atom is -0.462 e. The lowest BCUT2D eigenvalue weighted by Gasteiger charge is -2.18. The van der Waals surface area contributed by atoms with E-state index in [1.807, 2.05) is 0 Å². The van der Waals surface area contributed by atoms with E-state index in [0.29, 0.717) is 6.42 Å². The molecule has 0 unspecified atom stereocenters. The van der Waals surface area contributed by atoms with Gasteiger partial charge in [-0.25, -0.2) is 4.57 Å². The monoisotopic (exact) mass is 775 g/mol. The third-order valence-electron chi connectivity index (χ3n) is 10.3. The molecule has 2 N–H and O–H groups in total. The molecule has 0 heterocycles. The van der Waals surface area contributed by atoms with Gasteiger partial charge in [-0.3, -0.25) is 14.1 Å². The second-order valence-electron chi connectivity index (χ2n) is 16.2. The average molecular weight is 775 g/mol. The molecule has 0 radical (unpaired) electrons. The molecular formula is C44H87O8P. The minimum absolute atomic E-state index is 0.220. The molecule has 0 bridgehead atoms. The van der Waals surface area contributed by atoms with E-state index in [9.17, 15) is 14.2 Å².